The topological polar surface area (TPSA) is 163 Å². The van der Waals surface area contributed by atoms with Crippen LogP contribution in [-0.2, 0) is 16.0 Å². The molecule has 1 N–H and O–H groups in total. The maximum atomic E-state index is 9.66. The summed E-state index contributed by atoms with van der Waals surface area (Å²) in [5, 5.41) is 29.1. The van der Waals surface area contributed by atoms with Crippen molar-refractivity contribution in [3.63, 3.8) is 0 Å². The molecule has 1 aliphatic heterocycles. The number of anilines is 2. The van der Waals surface area contributed by atoms with Crippen LogP contribution in [0.1, 0.15) is 57.6 Å². The quantitative estimate of drug-likeness (QED) is 0.183. The van der Waals surface area contributed by atoms with Gasteiger partial charge in [-0.2, -0.15) is 5.26 Å². The molecular weight excluding hydrogens is 614 g/mol. The highest BCUT2D eigenvalue weighted by Crippen LogP contribution is 2.35. The number of nitrogens with one attached hydrogen (secondary N) is 1. The molecule has 1 aliphatic carbocycles. The number of nitriles is 1. The number of ether oxygens (including phenoxy) is 4. The van der Waals surface area contributed by atoms with Crippen LogP contribution in [0.4, 0.5) is 11.6 Å². The molecule has 0 unspecified atom stereocenters. The lowest BCUT2D eigenvalue weighted by Gasteiger charge is -2.38. The minimum atomic E-state index is -0.269. The number of aromatic nitrogens is 8. The SMILES string of the molecule is CCOCCCOc1nn([C@H]2CC[C@H](N3CCOCC3)CC2)cc1Nc1ncc(-c2ccc(C#N)c(O[C@@H](C)Cn3cnnn3)c2)cn1. The lowest BCUT2D eigenvalue weighted by Crippen LogP contribution is -2.45. The standard InChI is InChI=1S/C33H43N11O4/c1-3-45-13-4-14-47-32-30(22-44(39-32)29-9-7-28(8-10-29)42-11-15-46-16-12-42)38-33-35-19-27(20-36-33)25-5-6-26(18-34)31(17-25)48-24(2)21-43-23-37-40-41-43/h5-6,17,19-20,22-24,28-29H,3-4,7-16,21H2,1-2H3,(H,35,36,38)/t24-,28-,29-/m0/s1. The molecule has 1 aromatic carbocycles. The maximum Gasteiger partial charge on any atom is 0.256 e. The molecule has 1 saturated heterocycles. The monoisotopic (exact) mass is 657 g/mol. The van der Waals surface area contributed by atoms with Crippen LogP contribution in [0.5, 0.6) is 11.6 Å². The summed E-state index contributed by atoms with van der Waals surface area (Å²) in [5.41, 5.74) is 2.76. The Hall–Kier alpha value is -4.65. The lowest BCUT2D eigenvalue weighted by atomic mass is 9.90. The number of benzene rings is 1. The van der Waals surface area contributed by atoms with E-state index in [-0.39, 0.29) is 6.10 Å². The van der Waals surface area contributed by atoms with E-state index in [4.69, 9.17) is 24.0 Å². The largest absolute Gasteiger partial charge is 0.487 e. The summed E-state index contributed by atoms with van der Waals surface area (Å²) in [5.74, 6) is 1.42. The van der Waals surface area contributed by atoms with Gasteiger partial charge in [-0.25, -0.2) is 14.6 Å². The highest BCUT2D eigenvalue weighted by molar-refractivity contribution is 5.67. The second-order valence-corrected chi connectivity index (χ2v) is 12.0. The molecule has 1 saturated carbocycles. The Kier molecular flexibility index (Phi) is 11.4. The van der Waals surface area contributed by atoms with Gasteiger partial charge >= 0.3 is 0 Å². The van der Waals surface area contributed by atoms with Gasteiger partial charge in [0.05, 0.1) is 44.2 Å². The van der Waals surface area contributed by atoms with E-state index in [0.29, 0.717) is 61.6 Å². The van der Waals surface area contributed by atoms with Crippen LogP contribution in [0.2, 0.25) is 0 Å². The molecular formula is C33H43N11O4. The van der Waals surface area contributed by atoms with Gasteiger partial charge in [-0.05, 0) is 67.7 Å². The first kappa shape index (κ1) is 33.3. The van der Waals surface area contributed by atoms with Crippen LogP contribution in [0, 0.1) is 11.3 Å². The number of nitrogens with zero attached hydrogens (tertiary/aromatic N) is 10. The fraction of sp³-hybridized carbons (Fsp3) is 0.545. The summed E-state index contributed by atoms with van der Waals surface area (Å²) < 4.78 is 26.9. The predicted octanol–water partition coefficient (Wildman–Crippen LogP) is 4.03. The van der Waals surface area contributed by atoms with Gasteiger partial charge in [0.1, 0.15) is 29.9 Å². The van der Waals surface area contributed by atoms with E-state index in [1.165, 1.54) is 6.33 Å². The van der Waals surface area contributed by atoms with Crippen molar-refractivity contribution in [1.82, 2.24) is 44.9 Å². The summed E-state index contributed by atoms with van der Waals surface area (Å²) >= 11 is 0. The second-order valence-electron chi connectivity index (χ2n) is 12.0. The van der Waals surface area contributed by atoms with Gasteiger partial charge in [-0.1, -0.05) is 6.07 Å². The van der Waals surface area contributed by atoms with Crippen LogP contribution >= 0.6 is 0 Å². The Bertz CT molecular complexity index is 1610. The van der Waals surface area contributed by atoms with Crippen molar-refractivity contribution < 1.29 is 18.9 Å². The third-order valence-corrected chi connectivity index (χ3v) is 8.67. The zero-order chi connectivity index (χ0) is 33.1. The second kappa shape index (κ2) is 16.4. The number of rotatable bonds is 15. The Morgan fingerprint density at radius 1 is 1.06 bits per heavy atom. The van der Waals surface area contributed by atoms with Crippen molar-refractivity contribution in [3.8, 4) is 28.8 Å². The molecule has 0 spiro atoms. The Morgan fingerprint density at radius 3 is 2.58 bits per heavy atom. The minimum Gasteiger partial charge on any atom is -0.487 e. The first-order valence-electron chi connectivity index (χ1n) is 16.7. The molecule has 15 nitrogen and oxygen atoms in total. The molecule has 1 atom stereocenters. The van der Waals surface area contributed by atoms with Crippen molar-refractivity contribution >= 4 is 11.6 Å². The third kappa shape index (κ3) is 8.62. The van der Waals surface area contributed by atoms with Crippen LogP contribution in [0.15, 0.2) is 43.1 Å². The molecule has 2 fully saturated rings. The van der Waals surface area contributed by atoms with E-state index in [2.05, 4.69) is 41.8 Å². The highest BCUT2D eigenvalue weighted by atomic mass is 16.5. The first-order valence-corrected chi connectivity index (χ1v) is 16.7. The van der Waals surface area contributed by atoms with Crippen molar-refractivity contribution in [2.24, 2.45) is 0 Å². The van der Waals surface area contributed by atoms with Gasteiger partial charge in [-0.3, -0.25) is 9.58 Å². The minimum absolute atomic E-state index is 0.269. The highest BCUT2D eigenvalue weighted by Gasteiger charge is 2.29. The molecule has 15 heteroatoms. The van der Waals surface area contributed by atoms with Crippen LogP contribution < -0.4 is 14.8 Å². The van der Waals surface area contributed by atoms with Crippen molar-refractivity contribution in [1.29, 1.82) is 5.26 Å². The Balaban J connectivity index is 1.13. The summed E-state index contributed by atoms with van der Waals surface area (Å²) in [6, 6.07) is 8.53. The zero-order valence-corrected chi connectivity index (χ0v) is 27.6. The van der Waals surface area contributed by atoms with E-state index in [9.17, 15) is 5.26 Å². The molecule has 0 amide bonds. The van der Waals surface area contributed by atoms with Crippen molar-refractivity contribution in [3.05, 3.63) is 48.7 Å². The Labute approximate surface area is 280 Å². The van der Waals surface area contributed by atoms with Crippen LogP contribution in [0.3, 0.4) is 0 Å². The normalized spacial score (nSPS) is 19.0. The van der Waals surface area contributed by atoms with Crippen LogP contribution in [0.25, 0.3) is 11.1 Å². The zero-order valence-electron chi connectivity index (χ0n) is 27.6. The average molecular weight is 658 g/mol. The molecule has 2 aliphatic rings. The first-order chi connectivity index (χ1) is 23.6. The average Bonchev–Trinajstić information content (AvgIpc) is 3.79. The molecule has 3 aromatic heterocycles. The smallest absolute Gasteiger partial charge is 0.256 e. The van der Waals surface area contributed by atoms with E-state index in [1.807, 2.05) is 36.9 Å². The molecule has 48 heavy (non-hydrogen) atoms. The molecule has 254 valence electrons. The number of morpholine rings is 1. The molecule has 4 aromatic rings. The summed E-state index contributed by atoms with van der Waals surface area (Å²) in [6.45, 7) is 9.82. The maximum absolute atomic E-state index is 9.66. The number of tetrazole rings is 1. The van der Waals surface area contributed by atoms with E-state index < -0.39 is 0 Å². The molecule has 6 rings (SSSR count). The van der Waals surface area contributed by atoms with Gasteiger partial charge in [-0.15, -0.1) is 10.2 Å². The molecule has 0 radical (unpaired) electrons. The van der Waals surface area contributed by atoms with Gasteiger partial charge in [0.15, 0.2) is 0 Å². The predicted molar refractivity (Wildman–Crippen MR) is 176 cm³/mol. The van der Waals surface area contributed by atoms with E-state index in [0.717, 1.165) is 75.2 Å². The number of hydrogen-bond donors (Lipinski definition) is 1. The van der Waals surface area contributed by atoms with Gasteiger partial charge < -0.3 is 24.3 Å². The fourth-order valence-corrected chi connectivity index (χ4v) is 6.19. The lowest BCUT2D eigenvalue weighted by molar-refractivity contribution is 0.00502. The van der Waals surface area contributed by atoms with Gasteiger partial charge in [0.2, 0.25) is 5.95 Å². The van der Waals surface area contributed by atoms with E-state index in [1.54, 1.807) is 23.1 Å². The Morgan fingerprint density at radius 2 is 1.85 bits per heavy atom. The third-order valence-electron chi connectivity index (χ3n) is 8.67. The molecule has 4 heterocycles. The van der Waals surface area contributed by atoms with Crippen molar-refractivity contribution in [2.75, 3.05) is 51.4 Å². The summed E-state index contributed by atoms with van der Waals surface area (Å²) in [7, 11) is 0. The van der Waals surface area contributed by atoms with Crippen LogP contribution in [-0.4, -0.2) is 103 Å². The number of hydrogen-bond acceptors (Lipinski definition) is 13. The molecule has 0 bridgehead atoms. The fourth-order valence-electron chi connectivity index (χ4n) is 6.19. The van der Waals surface area contributed by atoms with Gasteiger partial charge in [0.25, 0.3) is 5.88 Å². The van der Waals surface area contributed by atoms with Gasteiger partial charge in [0, 0.05) is 56.7 Å². The van der Waals surface area contributed by atoms with Crippen molar-refractivity contribution in [2.45, 2.75) is 70.7 Å². The summed E-state index contributed by atoms with van der Waals surface area (Å²) in [6.07, 6.45) is 11.9. The van der Waals surface area contributed by atoms with E-state index >= 15 is 0 Å². The summed E-state index contributed by atoms with van der Waals surface area (Å²) in [4.78, 5) is 11.8.